The van der Waals surface area contributed by atoms with Crippen molar-refractivity contribution in [3.63, 3.8) is 0 Å². The number of hydrogen-bond acceptors (Lipinski definition) is 2. The summed E-state index contributed by atoms with van der Waals surface area (Å²) in [5, 5.41) is 0. The van der Waals surface area contributed by atoms with E-state index >= 15 is 0 Å². The quantitative estimate of drug-likeness (QED) is 0.351. The van der Waals surface area contributed by atoms with Crippen molar-refractivity contribution in [1.82, 2.24) is 9.97 Å². The molecule has 4 nitrogen and oxygen atoms in total. The second-order valence-electron chi connectivity index (χ2n) is 7.82. The van der Waals surface area contributed by atoms with Gasteiger partial charge in [0.2, 0.25) is 0 Å². The van der Waals surface area contributed by atoms with E-state index in [1.807, 2.05) is 24.4 Å². The normalized spacial score (nSPS) is 14.6. The fourth-order valence-electron chi connectivity index (χ4n) is 3.86. The maximum Gasteiger partial charge on any atom is 0.146 e. The number of aryl methyl sites for hydroxylation is 2. The number of aromatic nitrogens is 2. The molecule has 0 amide bonds. The Morgan fingerprint density at radius 2 is 1.83 bits per heavy atom. The van der Waals surface area contributed by atoms with E-state index in [-0.39, 0.29) is 12.4 Å². The van der Waals surface area contributed by atoms with Crippen LogP contribution in [-0.2, 0) is 17.6 Å². The van der Waals surface area contributed by atoms with Crippen LogP contribution >= 0.6 is 12.4 Å². The Morgan fingerprint density at radius 1 is 1.03 bits per heavy atom. The molecule has 3 rings (SSSR count). The lowest BCUT2D eigenvalue weighted by molar-refractivity contribution is 0.303. The van der Waals surface area contributed by atoms with E-state index in [0.717, 1.165) is 42.1 Å². The first kappa shape index (κ1) is 24.1. The largest absolute Gasteiger partial charge is 0.494 e. The summed E-state index contributed by atoms with van der Waals surface area (Å²) in [5.74, 6) is 0.809. The molecule has 2 aromatic rings. The van der Waals surface area contributed by atoms with E-state index in [4.69, 9.17) is 9.73 Å². The number of aromatic amines is 2. The summed E-state index contributed by atoms with van der Waals surface area (Å²) in [6, 6.07) is 6.36. The molecule has 2 aromatic heterocycles. The predicted octanol–water partition coefficient (Wildman–Crippen LogP) is 6.99. The number of halogens is 1. The smallest absolute Gasteiger partial charge is 0.146 e. The fourth-order valence-corrected chi connectivity index (χ4v) is 3.86. The van der Waals surface area contributed by atoms with Gasteiger partial charge < -0.3 is 14.7 Å². The van der Waals surface area contributed by atoms with Crippen LogP contribution in [0.4, 0.5) is 0 Å². The van der Waals surface area contributed by atoms with Crippen molar-refractivity contribution in [3.8, 4) is 0 Å². The molecule has 1 aliphatic heterocycles. The second-order valence-corrected chi connectivity index (χ2v) is 7.82. The number of ether oxygens (including phenoxy) is 1. The lowest BCUT2D eigenvalue weighted by Crippen LogP contribution is -1.93. The van der Waals surface area contributed by atoms with Gasteiger partial charge in [0, 0.05) is 23.7 Å². The van der Waals surface area contributed by atoms with Crippen LogP contribution in [-0.4, -0.2) is 22.8 Å². The van der Waals surface area contributed by atoms with E-state index in [1.165, 1.54) is 55.5 Å². The van der Waals surface area contributed by atoms with E-state index in [1.54, 1.807) is 7.11 Å². The average molecular weight is 430 g/mol. The summed E-state index contributed by atoms with van der Waals surface area (Å²) in [7, 11) is 1.71. The maximum absolute atomic E-state index is 5.59. The molecule has 0 saturated carbocycles. The summed E-state index contributed by atoms with van der Waals surface area (Å²) in [5.41, 5.74) is 6.68. The number of H-pyrrole nitrogens is 2. The Morgan fingerprint density at radius 3 is 2.53 bits per heavy atom. The molecule has 30 heavy (non-hydrogen) atoms. The van der Waals surface area contributed by atoms with Gasteiger partial charge in [0.15, 0.2) is 0 Å². The van der Waals surface area contributed by atoms with Crippen LogP contribution in [0, 0.1) is 0 Å². The molecule has 0 aromatic carbocycles. The number of rotatable bonds is 12. The van der Waals surface area contributed by atoms with E-state index in [2.05, 4.69) is 36.0 Å². The predicted molar refractivity (Wildman–Crippen MR) is 130 cm³/mol. The molecule has 0 saturated heterocycles. The summed E-state index contributed by atoms with van der Waals surface area (Å²) in [6.45, 7) is 4.50. The first-order valence-electron chi connectivity index (χ1n) is 11.2. The fraction of sp³-hybridized carbons (Fsp3) is 0.480. The van der Waals surface area contributed by atoms with Gasteiger partial charge in [-0.15, -0.1) is 12.4 Å². The Labute approximate surface area is 187 Å². The molecule has 0 unspecified atom stereocenters. The van der Waals surface area contributed by atoms with Crippen molar-refractivity contribution in [2.75, 3.05) is 7.11 Å². The van der Waals surface area contributed by atoms with Crippen LogP contribution in [0.15, 0.2) is 46.9 Å². The van der Waals surface area contributed by atoms with Crippen LogP contribution in [0.3, 0.4) is 0 Å². The first-order valence-corrected chi connectivity index (χ1v) is 11.2. The van der Waals surface area contributed by atoms with Crippen LogP contribution in [0.25, 0.3) is 6.08 Å². The molecule has 0 fully saturated rings. The molecule has 0 aliphatic carbocycles. The Balaban J connectivity index is 0.00000320. The topological polar surface area (TPSA) is 53.2 Å². The van der Waals surface area contributed by atoms with Gasteiger partial charge in [-0.05, 0) is 49.1 Å². The molecule has 2 N–H and O–H groups in total. The van der Waals surface area contributed by atoms with Gasteiger partial charge in [0.05, 0.1) is 18.5 Å². The maximum atomic E-state index is 5.59. The highest BCUT2D eigenvalue weighted by Gasteiger charge is 2.18. The van der Waals surface area contributed by atoms with Crippen molar-refractivity contribution in [1.29, 1.82) is 0 Å². The van der Waals surface area contributed by atoms with Crippen LogP contribution < -0.4 is 0 Å². The monoisotopic (exact) mass is 429 g/mol. The standard InChI is InChI=1S/C25H35N3O.ClH/c1-4-6-7-8-9-10-13-20-16-19(12-5-2)22(27-20)17-24-25(29-3)18-23(28-24)21-14-11-15-26-21;/h11,14-18,26-27H,4-10,12-13H2,1-3H3;1H/b24-17-;. The SMILES string of the molecule is CCCCCCCCc1cc(CCC)c(/C=C2\N=C(c3ccc[nH]3)C=C2OC)[nH]1.Cl. The minimum Gasteiger partial charge on any atom is -0.494 e. The van der Waals surface area contributed by atoms with Crippen LogP contribution in [0.1, 0.15) is 81.4 Å². The number of unbranched alkanes of at least 4 members (excludes halogenated alkanes) is 5. The number of hydrogen-bond donors (Lipinski definition) is 2. The molecule has 0 radical (unpaired) electrons. The lowest BCUT2D eigenvalue weighted by atomic mass is 10.1. The Kier molecular flexibility index (Phi) is 10.0. The molecule has 1 aliphatic rings. The molecule has 164 valence electrons. The van der Waals surface area contributed by atoms with Gasteiger partial charge in [-0.3, -0.25) is 0 Å². The summed E-state index contributed by atoms with van der Waals surface area (Å²) in [6.07, 6.45) is 17.3. The van der Waals surface area contributed by atoms with Crippen molar-refractivity contribution in [2.24, 2.45) is 4.99 Å². The van der Waals surface area contributed by atoms with Crippen molar-refractivity contribution >= 4 is 24.2 Å². The number of aliphatic imine (C=N–C) groups is 1. The van der Waals surface area contributed by atoms with Crippen LogP contribution in [0.2, 0.25) is 0 Å². The van der Waals surface area contributed by atoms with Gasteiger partial charge in [-0.25, -0.2) is 4.99 Å². The highest BCUT2D eigenvalue weighted by atomic mass is 35.5. The minimum absolute atomic E-state index is 0. The number of nitrogens with zero attached hydrogens (tertiary/aromatic N) is 1. The number of methoxy groups -OCH3 is 1. The zero-order valence-corrected chi connectivity index (χ0v) is 19.4. The van der Waals surface area contributed by atoms with E-state index in [9.17, 15) is 0 Å². The first-order chi connectivity index (χ1) is 14.2. The molecule has 5 heteroatoms. The summed E-state index contributed by atoms with van der Waals surface area (Å²) >= 11 is 0. The summed E-state index contributed by atoms with van der Waals surface area (Å²) < 4.78 is 5.59. The lowest BCUT2D eigenvalue weighted by Gasteiger charge is -2.03. The molecular formula is C25H36ClN3O. The van der Waals surface area contributed by atoms with Gasteiger partial charge in [-0.1, -0.05) is 52.4 Å². The van der Waals surface area contributed by atoms with E-state index < -0.39 is 0 Å². The van der Waals surface area contributed by atoms with Crippen molar-refractivity contribution in [3.05, 3.63) is 64.6 Å². The Hall–Kier alpha value is -2.20. The third-order valence-corrected chi connectivity index (χ3v) is 5.44. The minimum atomic E-state index is 0. The number of nitrogens with one attached hydrogen (secondary N) is 2. The summed E-state index contributed by atoms with van der Waals surface area (Å²) in [4.78, 5) is 11.7. The van der Waals surface area contributed by atoms with Crippen LogP contribution in [0.5, 0.6) is 0 Å². The second kappa shape index (κ2) is 12.5. The third-order valence-electron chi connectivity index (χ3n) is 5.44. The highest BCUT2D eigenvalue weighted by molar-refractivity contribution is 6.11. The van der Waals surface area contributed by atoms with E-state index in [0.29, 0.717) is 0 Å². The van der Waals surface area contributed by atoms with Crippen molar-refractivity contribution < 1.29 is 4.74 Å². The molecule has 0 bridgehead atoms. The number of allylic oxidation sites excluding steroid dienone is 1. The van der Waals surface area contributed by atoms with Gasteiger partial charge >= 0.3 is 0 Å². The van der Waals surface area contributed by atoms with Crippen molar-refractivity contribution in [2.45, 2.75) is 71.6 Å². The highest BCUT2D eigenvalue weighted by Crippen LogP contribution is 2.26. The van der Waals surface area contributed by atoms with Gasteiger partial charge in [0.1, 0.15) is 11.5 Å². The zero-order chi connectivity index (χ0) is 20.5. The zero-order valence-electron chi connectivity index (χ0n) is 18.6. The average Bonchev–Trinajstić information content (AvgIpc) is 3.45. The van der Waals surface area contributed by atoms with Gasteiger partial charge in [0.25, 0.3) is 0 Å². The molecule has 3 heterocycles. The third kappa shape index (κ3) is 6.40. The molecule has 0 spiro atoms. The molecular weight excluding hydrogens is 394 g/mol. The Bertz CT molecular complexity index is 859. The molecule has 0 atom stereocenters. The van der Waals surface area contributed by atoms with Gasteiger partial charge in [-0.2, -0.15) is 0 Å².